The largest absolute Gasteiger partial charge is 0.453 e. The van der Waals surface area contributed by atoms with Crippen molar-refractivity contribution < 1.29 is 14.3 Å². The summed E-state index contributed by atoms with van der Waals surface area (Å²) in [7, 11) is 0. The van der Waals surface area contributed by atoms with E-state index in [4.69, 9.17) is 0 Å². The van der Waals surface area contributed by atoms with Crippen LogP contribution < -0.4 is 5.32 Å². The molecule has 0 aromatic heterocycles. The summed E-state index contributed by atoms with van der Waals surface area (Å²) >= 11 is 0. The molecule has 1 amide bonds. The van der Waals surface area contributed by atoms with Crippen molar-refractivity contribution in [2.24, 2.45) is 0 Å². The average molecular weight is 143 g/mol. The number of esters is 1. The highest BCUT2D eigenvalue weighted by Gasteiger charge is 2.29. The fourth-order valence-electron chi connectivity index (χ4n) is 0.707. The molecule has 0 aromatic rings. The lowest BCUT2D eigenvalue weighted by Crippen LogP contribution is -2.51. The van der Waals surface area contributed by atoms with Crippen molar-refractivity contribution in [1.82, 2.24) is 5.32 Å². The van der Waals surface area contributed by atoms with E-state index in [-0.39, 0.29) is 12.1 Å². The maximum absolute atomic E-state index is 10.6. The summed E-state index contributed by atoms with van der Waals surface area (Å²) in [5, 5.41) is 2.47. The van der Waals surface area contributed by atoms with Gasteiger partial charge in [0.15, 0.2) is 0 Å². The summed E-state index contributed by atoms with van der Waals surface area (Å²) in [5.74, 6) is -1.43. The van der Waals surface area contributed by atoms with Crippen molar-refractivity contribution in [3.8, 4) is 0 Å². The van der Waals surface area contributed by atoms with Crippen LogP contribution in [0.15, 0.2) is 0 Å². The molecule has 1 aliphatic rings. The third-order valence-corrected chi connectivity index (χ3v) is 1.54. The summed E-state index contributed by atoms with van der Waals surface area (Å²) in [6.07, 6.45) is -0.217. The van der Waals surface area contributed by atoms with Crippen molar-refractivity contribution >= 4 is 11.9 Å². The van der Waals surface area contributed by atoms with Crippen molar-refractivity contribution in [3.63, 3.8) is 0 Å². The second kappa shape index (κ2) is 2.28. The predicted molar refractivity (Wildman–Crippen MR) is 33.2 cm³/mol. The molecular weight excluding hydrogens is 134 g/mol. The topological polar surface area (TPSA) is 55.4 Å². The SMILES string of the molecule is C[C@@H]1NC(=O)C(=O)O[C@@H]1C. The number of hydrogen-bond donors (Lipinski definition) is 1. The Bertz CT molecular complexity index is 158. The molecule has 1 aliphatic heterocycles. The molecule has 56 valence electrons. The molecule has 1 saturated heterocycles. The van der Waals surface area contributed by atoms with Gasteiger partial charge in [0.1, 0.15) is 6.10 Å². The molecule has 0 radical (unpaired) electrons. The van der Waals surface area contributed by atoms with Crippen LogP contribution in [-0.2, 0) is 14.3 Å². The van der Waals surface area contributed by atoms with E-state index in [1.807, 2.05) is 0 Å². The second-order valence-corrected chi connectivity index (χ2v) is 2.37. The number of cyclic esters (lactones) is 1. The minimum atomic E-state index is -0.786. The lowest BCUT2D eigenvalue weighted by atomic mass is 10.2. The van der Waals surface area contributed by atoms with E-state index in [1.54, 1.807) is 13.8 Å². The van der Waals surface area contributed by atoms with E-state index in [0.717, 1.165) is 0 Å². The number of nitrogens with one attached hydrogen (secondary N) is 1. The molecule has 1 fully saturated rings. The molecule has 4 heteroatoms. The predicted octanol–water partition coefficient (Wildman–Crippen LogP) is -0.564. The van der Waals surface area contributed by atoms with Crippen molar-refractivity contribution in [1.29, 1.82) is 0 Å². The maximum atomic E-state index is 10.6. The van der Waals surface area contributed by atoms with Gasteiger partial charge in [0, 0.05) is 0 Å². The summed E-state index contributed by atoms with van der Waals surface area (Å²) in [6, 6.07) is -0.0785. The third-order valence-electron chi connectivity index (χ3n) is 1.54. The number of morpholine rings is 1. The van der Waals surface area contributed by atoms with Crippen LogP contribution in [0, 0.1) is 0 Å². The molecule has 1 heterocycles. The quantitative estimate of drug-likeness (QED) is 0.365. The van der Waals surface area contributed by atoms with E-state index in [1.165, 1.54) is 0 Å². The highest BCUT2D eigenvalue weighted by atomic mass is 16.6. The van der Waals surface area contributed by atoms with Crippen LogP contribution in [0.2, 0.25) is 0 Å². The maximum Gasteiger partial charge on any atom is 0.397 e. The Morgan fingerprint density at radius 2 is 2.00 bits per heavy atom. The van der Waals surface area contributed by atoms with Crippen LogP contribution in [0.1, 0.15) is 13.8 Å². The van der Waals surface area contributed by atoms with Crippen molar-refractivity contribution in [2.45, 2.75) is 26.0 Å². The van der Waals surface area contributed by atoms with Gasteiger partial charge >= 0.3 is 11.9 Å². The Morgan fingerprint density at radius 1 is 1.40 bits per heavy atom. The van der Waals surface area contributed by atoms with Gasteiger partial charge in [-0.1, -0.05) is 0 Å². The van der Waals surface area contributed by atoms with E-state index < -0.39 is 11.9 Å². The van der Waals surface area contributed by atoms with Crippen LogP contribution in [-0.4, -0.2) is 24.0 Å². The first-order valence-electron chi connectivity index (χ1n) is 3.12. The molecule has 0 aromatic carbocycles. The van der Waals surface area contributed by atoms with Crippen molar-refractivity contribution in [3.05, 3.63) is 0 Å². The van der Waals surface area contributed by atoms with E-state index in [0.29, 0.717) is 0 Å². The Kier molecular flexibility index (Phi) is 1.61. The fraction of sp³-hybridized carbons (Fsp3) is 0.667. The Hall–Kier alpha value is -1.06. The van der Waals surface area contributed by atoms with Crippen LogP contribution in [0.4, 0.5) is 0 Å². The van der Waals surface area contributed by atoms with Gasteiger partial charge in [-0.25, -0.2) is 4.79 Å². The molecule has 4 nitrogen and oxygen atoms in total. The summed E-state index contributed by atoms with van der Waals surface area (Å²) in [5.41, 5.74) is 0. The lowest BCUT2D eigenvalue weighted by molar-refractivity contribution is -0.165. The first kappa shape index (κ1) is 7.05. The molecule has 0 unspecified atom stereocenters. The highest BCUT2D eigenvalue weighted by Crippen LogP contribution is 2.03. The lowest BCUT2D eigenvalue weighted by Gasteiger charge is -2.25. The first-order valence-corrected chi connectivity index (χ1v) is 3.12. The standard InChI is InChI=1S/C6H9NO3/c1-3-4(2)10-6(9)5(8)7-3/h3-4H,1-2H3,(H,7,8)/t3-,4+/m0/s1. The molecule has 1 N–H and O–H groups in total. The molecule has 2 atom stereocenters. The van der Waals surface area contributed by atoms with Crippen LogP contribution in [0.3, 0.4) is 0 Å². The first-order chi connectivity index (χ1) is 4.61. The Labute approximate surface area is 58.5 Å². The number of ether oxygens (including phenoxy) is 1. The van der Waals surface area contributed by atoms with Crippen LogP contribution in [0.25, 0.3) is 0 Å². The number of amides is 1. The number of carbonyl (C=O) groups is 2. The zero-order valence-electron chi connectivity index (χ0n) is 5.88. The van der Waals surface area contributed by atoms with Crippen LogP contribution in [0.5, 0.6) is 0 Å². The summed E-state index contributed by atoms with van der Waals surface area (Å²) < 4.78 is 4.66. The number of hydrogen-bond acceptors (Lipinski definition) is 3. The van der Waals surface area contributed by atoms with E-state index in [9.17, 15) is 9.59 Å². The number of carbonyl (C=O) groups excluding carboxylic acids is 2. The van der Waals surface area contributed by atoms with Gasteiger partial charge in [-0.3, -0.25) is 4.79 Å². The van der Waals surface area contributed by atoms with Gasteiger partial charge in [0.25, 0.3) is 0 Å². The van der Waals surface area contributed by atoms with Crippen LogP contribution >= 0.6 is 0 Å². The molecule has 0 bridgehead atoms. The fourth-order valence-corrected chi connectivity index (χ4v) is 0.707. The van der Waals surface area contributed by atoms with Gasteiger partial charge in [-0.05, 0) is 13.8 Å². The Morgan fingerprint density at radius 3 is 2.50 bits per heavy atom. The average Bonchev–Trinajstić information content (AvgIpc) is 1.84. The number of rotatable bonds is 0. The zero-order valence-corrected chi connectivity index (χ0v) is 5.88. The van der Waals surface area contributed by atoms with Gasteiger partial charge in [-0.2, -0.15) is 0 Å². The Balaban J connectivity index is 2.63. The van der Waals surface area contributed by atoms with Gasteiger partial charge in [0.2, 0.25) is 0 Å². The molecule has 0 saturated carbocycles. The molecule has 0 aliphatic carbocycles. The van der Waals surface area contributed by atoms with Gasteiger partial charge in [-0.15, -0.1) is 0 Å². The molecule has 0 spiro atoms. The van der Waals surface area contributed by atoms with E-state index in [2.05, 4.69) is 10.1 Å². The van der Waals surface area contributed by atoms with Gasteiger partial charge in [0.05, 0.1) is 6.04 Å². The smallest absolute Gasteiger partial charge is 0.397 e. The third kappa shape index (κ3) is 1.10. The molecule has 10 heavy (non-hydrogen) atoms. The zero-order chi connectivity index (χ0) is 7.72. The molecular formula is C6H9NO3. The van der Waals surface area contributed by atoms with Crippen molar-refractivity contribution in [2.75, 3.05) is 0 Å². The van der Waals surface area contributed by atoms with Gasteiger partial charge < -0.3 is 10.1 Å². The molecule has 1 rings (SSSR count). The minimum absolute atomic E-state index is 0.0785. The summed E-state index contributed by atoms with van der Waals surface area (Å²) in [6.45, 7) is 3.52. The van der Waals surface area contributed by atoms with E-state index >= 15 is 0 Å². The summed E-state index contributed by atoms with van der Waals surface area (Å²) in [4.78, 5) is 21.1. The second-order valence-electron chi connectivity index (χ2n) is 2.37. The highest BCUT2D eigenvalue weighted by molar-refractivity contribution is 6.33. The normalized spacial score (nSPS) is 33.0. The minimum Gasteiger partial charge on any atom is -0.453 e. The monoisotopic (exact) mass is 143 g/mol.